The van der Waals surface area contributed by atoms with Gasteiger partial charge in [-0.15, -0.1) is 0 Å². The molecule has 0 radical (unpaired) electrons. The first kappa shape index (κ1) is 34.9. The number of likely N-dealkylation sites (tertiary alicyclic amines) is 1. The molecule has 0 amide bonds. The second-order valence-corrected chi connectivity index (χ2v) is 12.9. The van der Waals surface area contributed by atoms with Crippen molar-refractivity contribution in [1.82, 2.24) is 9.80 Å². The van der Waals surface area contributed by atoms with Gasteiger partial charge in [0.05, 0.1) is 6.61 Å². The predicted octanol–water partition coefficient (Wildman–Crippen LogP) is 8.77. The molecule has 1 saturated carbocycles. The van der Waals surface area contributed by atoms with Crippen molar-refractivity contribution >= 4 is 11.7 Å². The minimum absolute atomic E-state index is 0.605. The number of rotatable bonds is 15. The number of carboxylic acid groups (broad SMARTS) is 1. The van der Waals surface area contributed by atoms with Gasteiger partial charge in [0.1, 0.15) is 5.75 Å². The number of aliphatic imine (C=N–C) groups is 1. The monoisotopic (exact) mass is 593 g/mol. The molecule has 1 saturated heterocycles. The number of nitrogens with zero attached hydrogens (tertiary/aromatic N) is 3. The summed E-state index contributed by atoms with van der Waals surface area (Å²) in [4.78, 5) is 19.5. The highest BCUT2D eigenvalue weighted by Gasteiger charge is 2.35. The van der Waals surface area contributed by atoms with E-state index in [-0.39, 0.29) is 0 Å². The minimum atomic E-state index is -0.833. The zero-order valence-corrected chi connectivity index (χ0v) is 28.1. The van der Waals surface area contributed by atoms with Gasteiger partial charge in [-0.1, -0.05) is 51.3 Å². The maximum absolute atomic E-state index is 9.00. The summed E-state index contributed by atoms with van der Waals surface area (Å²) in [5, 5.41) is 7.42. The molecule has 240 valence electrons. The Balaban J connectivity index is 0.00000119. The van der Waals surface area contributed by atoms with Crippen LogP contribution in [-0.2, 0) is 11.2 Å². The predicted molar refractivity (Wildman–Crippen MR) is 180 cm³/mol. The van der Waals surface area contributed by atoms with Gasteiger partial charge in [0.15, 0.2) is 0 Å². The summed E-state index contributed by atoms with van der Waals surface area (Å²) in [5.74, 6) is 0.876. The van der Waals surface area contributed by atoms with Gasteiger partial charge in [0.25, 0.3) is 5.97 Å². The second kappa shape index (κ2) is 18.3. The van der Waals surface area contributed by atoms with E-state index >= 15 is 0 Å². The second-order valence-electron chi connectivity index (χ2n) is 12.9. The highest BCUT2D eigenvalue weighted by atomic mass is 16.5. The normalized spacial score (nSPS) is 19.6. The van der Waals surface area contributed by atoms with E-state index in [9.17, 15) is 0 Å². The van der Waals surface area contributed by atoms with Crippen LogP contribution in [0, 0.1) is 0 Å². The first-order valence-corrected chi connectivity index (χ1v) is 17.1. The molecule has 43 heavy (non-hydrogen) atoms. The summed E-state index contributed by atoms with van der Waals surface area (Å²) in [6.07, 6.45) is 16.9. The van der Waals surface area contributed by atoms with Crippen molar-refractivity contribution in [2.75, 3.05) is 32.8 Å². The minimum Gasteiger partial charge on any atom is -0.493 e. The maximum Gasteiger partial charge on any atom is 0.300 e. The quantitative estimate of drug-likeness (QED) is 0.206. The van der Waals surface area contributed by atoms with E-state index in [2.05, 4.69) is 68.8 Å². The third-order valence-corrected chi connectivity index (χ3v) is 9.06. The Morgan fingerprint density at radius 1 is 1.09 bits per heavy atom. The van der Waals surface area contributed by atoms with Crippen molar-refractivity contribution in [2.24, 2.45) is 4.99 Å². The fraction of sp³-hybridized carbons (Fsp3) is 0.676. The van der Waals surface area contributed by atoms with Crippen LogP contribution in [0.3, 0.4) is 0 Å². The summed E-state index contributed by atoms with van der Waals surface area (Å²) in [7, 11) is 0. The number of ether oxygens (including phenoxy) is 1. The fourth-order valence-corrected chi connectivity index (χ4v) is 6.42. The molecule has 1 aliphatic carbocycles. The maximum atomic E-state index is 9.00. The first-order chi connectivity index (χ1) is 20.7. The summed E-state index contributed by atoms with van der Waals surface area (Å²) in [6.45, 7) is 17.9. The van der Waals surface area contributed by atoms with Crippen LogP contribution in [0.2, 0.25) is 0 Å². The number of unbranched alkanes of at least 4 members (excludes halogenated alkanes) is 2. The van der Waals surface area contributed by atoms with Gasteiger partial charge in [-0.3, -0.25) is 14.7 Å². The molecule has 1 aromatic rings. The molecule has 2 aliphatic heterocycles. The molecule has 6 heteroatoms. The lowest BCUT2D eigenvalue weighted by Gasteiger charge is -2.37. The van der Waals surface area contributed by atoms with Crippen LogP contribution in [0.5, 0.6) is 5.75 Å². The van der Waals surface area contributed by atoms with Crippen molar-refractivity contribution in [3.05, 3.63) is 52.4 Å². The van der Waals surface area contributed by atoms with Crippen LogP contribution in [0.1, 0.15) is 129 Å². The molecule has 2 unspecified atom stereocenters. The Bertz CT molecular complexity index is 1100. The lowest BCUT2D eigenvalue weighted by atomic mass is 9.89. The molecule has 2 heterocycles. The van der Waals surface area contributed by atoms with E-state index in [1.807, 2.05) is 0 Å². The lowest BCUT2D eigenvalue weighted by molar-refractivity contribution is -0.134. The van der Waals surface area contributed by atoms with E-state index in [0.717, 1.165) is 45.1 Å². The molecule has 2 fully saturated rings. The van der Waals surface area contributed by atoms with E-state index in [4.69, 9.17) is 19.6 Å². The van der Waals surface area contributed by atoms with E-state index in [0.29, 0.717) is 12.0 Å². The molecule has 1 aromatic carbocycles. The molecule has 1 N–H and O–H groups in total. The van der Waals surface area contributed by atoms with E-state index in [1.165, 1.54) is 99.8 Å². The van der Waals surface area contributed by atoms with Crippen molar-refractivity contribution in [2.45, 2.75) is 131 Å². The van der Waals surface area contributed by atoms with Crippen LogP contribution in [0.25, 0.3) is 0 Å². The fourth-order valence-electron chi connectivity index (χ4n) is 6.42. The van der Waals surface area contributed by atoms with Gasteiger partial charge in [-0.25, -0.2) is 0 Å². The Morgan fingerprint density at radius 2 is 1.79 bits per heavy atom. The number of carboxylic acids is 1. The number of hydrogen-bond donors (Lipinski definition) is 1. The number of benzene rings is 1. The smallest absolute Gasteiger partial charge is 0.300 e. The average Bonchev–Trinajstić information content (AvgIpc) is 3.58. The Morgan fingerprint density at radius 3 is 2.37 bits per heavy atom. The van der Waals surface area contributed by atoms with Crippen molar-refractivity contribution < 1.29 is 14.6 Å². The number of hydrogen-bond acceptors (Lipinski definition) is 5. The summed E-state index contributed by atoms with van der Waals surface area (Å²) in [5.41, 5.74) is 8.99. The average molecular weight is 594 g/mol. The molecule has 0 spiro atoms. The largest absolute Gasteiger partial charge is 0.493 e. The number of fused-ring (bicyclic) bond motifs is 1. The van der Waals surface area contributed by atoms with Crippen molar-refractivity contribution in [1.29, 1.82) is 0 Å². The van der Waals surface area contributed by atoms with Crippen LogP contribution >= 0.6 is 0 Å². The molecular formula is C37H59N3O3. The third-order valence-electron chi connectivity index (χ3n) is 9.06. The van der Waals surface area contributed by atoms with Crippen LogP contribution < -0.4 is 4.74 Å². The highest BCUT2D eigenvalue weighted by Crippen LogP contribution is 2.39. The van der Waals surface area contributed by atoms with Gasteiger partial charge in [0, 0.05) is 63.2 Å². The third kappa shape index (κ3) is 11.1. The molecule has 2 atom stereocenters. The lowest BCUT2D eigenvalue weighted by Crippen LogP contribution is -2.39. The van der Waals surface area contributed by atoms with Gasteiger partial charge in [0.2, 0.25) is 0 Å². The van der Waals surface area contributed by atoms with Gasteiger partial charge in [-0.2, -0.15) is 0 Å². The molecule has 6 nitrogen and oxygen atoms in total. The Kier molecular flexibility index (Phi) is 14.8. The molecule has 0 aromatic heterocycles. The van der Waals surface area contributed by atoms with Crippen LogP contribution in [0.15, 0.2) is 46.2 Å². The van der Waals surface area contributed by atoms with E-state index in [1.54, 1.807) is 11.3 Å². The molecule has 0 bridgehead atoms. The Hall–Kier alpha value is -2.60. The molecule has 3 aliphatic rings. The van der Waals surface area contributed by atoms with Crippen LogP contribution in [0.4, 0.5) is 0 Å². The van der Waals surface area contributed by atoms with Gasteiger partial charge in [-0.05, 0) is 100 Å². The topological polar surface area (TPSA) is 65.4 Å². The zero-order valence-electron chi connectivity index (χ0n) is 28.1. The summed E-state index contributed by atoms with van der Waals surface area (Å²) in [6, 6.07) is 7.65. The standard InChI is InChI=1S/C35H55N3O.C2H4O2/c1-6-9-19-37(20-10-7-2)34(28-12-11-13-28)26-38-25-31(29-14-17-35-30(22-29)18-21-39-35)23-33(38)16-15-32(8-3)36-24-27(4)5;1-2(3)4/h14,17,22,24,31,33H,6-13,15-16,18-21,23,25-26H2,1-5H3;1H3,(H,3,4). The van der Waals surface area contributed by atoms with Gasteiger partial charge >= 0.3 is 0 Å². The number of aliphatic carboxylic acids is 1. The van der Waals surface area contributed by atoms with Crippen molar-refractivity contribution in [3.63, 3.8) is 0 Å². The summed E-state index contributed by atoms with van der Waals surface area (Å²) >= 11 is 0. The van der Waals surface area contributed by atoms with Crippen LogP contribution in [-0.4, -0.2) is 65.4 Å². The summed E-state index contributed by atoms with van der Waals surface area (Å²) < 4.78 is 5.82. The first-order valence-electron chi connectivity index (χ1n) is 17.1. The van der Waals surface area contributed by atoms with Crippen molar-refractivity contribution in [3.8, 4) is 5.75 Å². The Labute approximate surface area is 262 Å². The highest BCUT2D eigenvalue weighted by molar-refractivity contribution is 5.84. The van der Waals surface area contributed by atoms with E-state index < -0.39 is 5.97 Å². The molecule has 4 rings (SSSR count). The number of allylic oxidation sites excluding steroid dienone is 2. The molecular weight excluding hydrogens is 534 g/mol. The zero-order chi connectivity index (χ0) is 31.2. The SMILES string of the molecule is CC(=O)O.CCCCN(CCCC)C(CN1CC(c2ccc3c(c2)CCO3)CC1CCC(CC)=NC=C(C)C)=C1CCC1. The number of carbonyl (C=O) groups is 1. The van der Waals surface area contributed by atoms with Gasteiger partial charge < -0.3 is 14.7 Å².